The van der Waals surface area contributed by atoms with E-state index in [1.54, 1.807) is 12.1 Å². The molecule has 0 aliphatic rings. The highest BCUT2D eigenvalue weighted by Crippen LogP contribution is 2.12. The molecule has 0 atom stereocenters. The average Bonchev–Trinajstić information content (AvgIpc) is 2.80. The van der Waals surface area contributed by atoms with Crippen molar-refractivity contribution in [3.63, 3.8) is 0 Å². The van der Waals surface area contributed by atoms with E-state index in [1.807, 2.05) is 30.3 Å². The molecule has 2 aromatic rings. The van der Waals surface area contributed by atoms with Gasteiger partial charge in [-0.3, -0.25) is 0 Å². The Morgan fingerprint density at radius 1 is 1.27 bits per heavy atom. The number of anilines is 1. The van der Waals surface area contributed by atoms with Crippen molar-refractivity contribution in [2.45, 2.75) is 0 Å². The SMILES string of the molecule is CN(N=Nc1nn[nH]n1)c1ccccc1. The summed E-state index contributed by atoms with van der Waals surface area (Å²) in [4.78, 5) is 0. The van der Waals surface area contributed by atoms with Crippen molar-refractivity contribution in [2.24, 2.45) is 10.3 Å². The van der Waals surface area contributed by atoms with Crippen molar-refractivity contribution in [1.29, 1.82) is 0 Å². The quantitative estimate of drug-likeness (QED) is 0.602. The summed E-state index contributed by atoms with van der Waals surface area (Å²) < 4.78 is 0. The number of aromatic amines is 1. The van der Waals surface area contributed by atoms with Crippen LogP contribution in [0.1, 0.15) is 0 Å². The van der Waals surface area contributed by atoms with Gasteiger partial charge in [-0.05, 0) is 17.3 Å². The highest BCUT2D eigenvalue weighted by molar-refractivity contribution is 5.43. The molecule has 76 valence electrons. The predicted molar refractivity (Wildman–Crippen MR) is 53.5 cm³/mol. The number of aromatic nitrogens is 4. The molecule has 7 heteroatoms. The normalized spacial score (nSPS) is 10.7. The largest absolute Gasteiger partial charge is 0.309 e. The zero-order valence-electron chi connectivity index (χ0n) is 8.07. The number of nitrogens with one attached hydrogen (secondary N) is 1. The Morgan fingerprint density at radius 2 is 2.07 bits per heavy atom. The Morgan fingerprint density at radius 3 is 2.73 bits per heavy atom. The molecule has 1 heterocycles. The zero-order chi connectivity index (χ0) is 10.5. The third kappa shape index (κ3) is 2.33. The van der Waals surface area contributed by atoms with Gasteiger partial charge < -0.3 is 0 Å². The second kappa shape index (κ2) is 4.27. The first kappa shape index (κ1) is 9.25. The number of para-hydroxylation sites is 1. The molecule has 0 aliphatic heterocycles. The molecule has 0 spiro atoms. The molecule has 0 saturated heterocycles. The minimum absolute atomic E-state index is 0.206. The first-order chi connectivity index (χ1) is 7.36. The number of hydrogen-bond donors (Lipinski definition) is 1. The van der Waals surface area contributed by atoms with E-state index in [1.165, 1.54) is 0 Å². The molecule has 0 radical (unpaired) electrons. The summed E-state index contributed by atoms with van der Waals surface area (Å²) in [6.07, 6.45) is 0. The van der Waals surface area contributed by atoms with Crippen LogP contribution in [0.4, 0.5) is 11.6 Å². The smallest absolute Gasteiger partial charge is 0.250 e. The van der Waals surface area contributed by atoms with E-state index in [9.17, 15) is 0 Å². The van der Waals surface area contributed by atoms with E-state index in [0.717, 1.165) is 5.69 Å². The van der Waals surface area contributed by atoms with Crippen LogP contribution in [-0.4, -0.2) is 27.7 Å². The minimum Gasteiger partial charge on any atom is -0.250 e. The Balaban J connectivity index is 2.07. The lowest BCUT2D eigenvalue weighted by Gasteiger charge is -2.09. The molecular formula is C8H9N7. The fourth-order valence-corrected chi connectivity index (χ4v) is 1.00. The highest BCUT2D eigenvalue weighted by Gasteiger charge is 1.97. The lowest BCUT2D eigenvalue weighted by atomic mass is 10.3. The Bertz CT molecular complexity index is 422. The monoisotopic (exact) mass is 203 g/mol. The van der Waals surface area contributed by atoms with Crippen LogP contribution in [0.2, 0.25) is 0 Å². The van der Waals surface area contributed by atoms with Gasteiger partial charge in [-0.25, -0.2) is 5.01 Å². The van der Waals surface area contributed by atoms with E-state index in [0.29, 0.717) is 0 Å². The molecular weight excluding hydrogens is 194 g/mol. The second-order valence-electron chi connectivity index (χ2n) is 2.76. The van der Waals surface area contributed by atoms with E-state index in [-0.39, 0.29) is 5.95 Å². The van der Waals surface area contributed by atoms with E-state index >= 15 is 0 Å². The van der Waals surface area contributed by atoms with Crippen molar-refractivity contribution in [2.75, 3.05) is 12.1 Å². The van der Waals surface area contributed by atoms with Crippen LogP contribution in [0, 0.1) is 0 Å². The average molecular weight is 203 g/mol. The summed E-state index contributed by atoms with van der Waals surface area (Å²) in [7, 11) is 1.79. The van der Waals surface area contributed by atoms with Crippen LogP contribution in [0.15, 0.2) is 40.7 Å². The lowest BCUT2D eigenvalue weighted by Crippen LogP contribution is -2.06. The maximum Gasteiger partial charge on any atom is 0.309 e. The number of rotatable bonds is 3. The van der Waals surface area contributed by atoms with Gasteiger partial charge in [0.1, 0.15) is 0 Å². The van der Waals surface area contributed by atoms with Crippen molar-refractivity contribution < 1.29 is 0 Å². The summed E-state index contributed by atoms with van der Waals surface area (Å²) in [6.45, 7) is 0. The van der Waals surface area contributed by atoms with Gasteiger partial charge in [-0.2, -0.15) is 5.21 Å². The molecule has 0 aliphatic carbocycles. The minimum atomic E-state index is 0.206. The summed E-state index contributed by atoms with van der Waals surface area (Å²) in [5, 5.41) is 22.3. The maximum atomic E-state index is 3.91. The van der Waals surface area contributed by atoms with Gasteiger partial charge in [0, 0.05) is 7.05 Å². The molecule has 7 nitrogen and oxygen atoms in total. The van der Waals surface area contributed by atoms with Gasteiger partial charge in [0.2, 0.25) is 0 Å². The Labute approximate surface area is 85.8 Å². The molecule has 1 N–H and O–H groups in total. The third-order valence-electron chi connectivity index (χ3n) is 1.73. The van der Waals surface area contributed by atoms with Crippen LogP contribution in [-0.2, 0) is 0 Å². The number of benzene rings is 1. The van der Waals surface area contributed by atoms with Gasteiger partial charge in [0.15, 0.2) is 0 Å². The van der Waals surface area contributed by atoms with E-state index < -0.39 is 0 Å². The van der Waals surface area contributed by atoms with Crippen molar-refractivity contribution in [3.8, 4) is 0 Å². The zero-order valence-corrected chi connectivity index (χ0v) is 8.07. The number of nitrogens with zero attached hydrogens (tertiary/aromatic N) is 6. The summed E-state index contributed by atoms with van der Waals surface area (Å²) >= 11 is 0. The Hall–Kier alpha value is -2.31. The predicted octanol–water partition coefficient (Wildman–Crippen LogP) is 1.33. The molecule has 1 aromatic heterocycles. The molecule has 1 aromatic carbocycles. The van der Waals surface area contributed by atoms with Crippen molar-refractivity contribution in [3.05, 3.63) is 30.3 Å². The molecule has 0 unspecified atom stereocenters. The molecule has 0 fully saturated rings. The van der Waals surface area contributed by atoms with Gasteiger partial charge in [0.25, 0.3) is 0 Å². The van der Waals surface area contributed by atoms with Gasteiger partial charge >= 0.3 is 5.95 Å². The van der Waals surface area contributed by atoms with E-state index in [2.05, 4.69) is 31.0 Å². The first-order valence-electron chi connectivity index (χ1n) is 4.30. The Kier molecular flexibility index (Phi) is 2.63. The maximum absolute atomic E-state index is 3.91. The van der Waals surface area contributed by atoms with Gasteiger partial charge in [-0.1, -0.05) is 33.6 Å². The topological polar surface area (TPSA) is 82.4 Å². The number of hydrogen-bond acceptors (Lipinski definition) is 5. The molecule has 15 heavy (non-hydrogen) atoms. The van der Waals surface area contributed by atoms with Crippen LogP contribution in [0.3, 0.4) is 0 Å². The molecule has 2 rings (SSSR count). The number of H-pyrrole nitrogens is 1. The number of tetrazole rings is 1. The van der Waals surface area contributed by atoms with Gasteiger partial charge in [-0.15, -0.1) is 5.10 Å². The fraction of sp³-hybridized carbons (Fsp3) is 0.125. The summed E-state index contributed by atoms with van der Waals surface area (Å²) in [5.41, 5.74) is 0.935. The van der Waals surface area contributed by atoms with Crippen LogP contribution < -0.4 is 5.01 Å². The first-order valence-corrected chi connectivity index (χ1v) is 4.30. The lowest BCUT2D eigenvalue weighted by molar-refractivity contribution is 0.881. The van der Waals surface area contributed by atoms with Crippen LogP contribution in [0.25, 0.3) is 0 Å². The summed E-state index contributed by atoms with van der Waals surface area (Å²) in [5.74, 6) is 0.206. The second-order valence-corrected chi connectivity index (χ2v) is 2.76. The van der Waals surface area contributed by atoms with Crippen LogP contribution >= 0.6 is 0 Å². The molecule has 0 amide bonds. The van der Waals surface area contributed by atoms with Crippen molar-refractivity contribution in [1.82, 2.24) is 20.6 Å². The molecule has 0 saturated carbocycles. The molecule has 0 bridgehead atoms. The highest BCUT2D eigenvalue weighted by atomic mass is 15.6. The third-order valence-corrected chi connectivity index (χ3v) is 1.73. The van der Waals surface area contributed by atoms with E-state index in [4.69, 9.17) is 0 Å². The van der Waals surface area contributed by atoms with Crippen molar-refractivity contribution >= 4 is 11.6 Å². The summed E-state index contributed by atoms with van der Waals surface area (Å²) in [6, 6.07) is 9.64. The standard InChI is InChI=1S/C8H9N7/c1-15(7-5-3-2-4-6-7)14-11-8-9-12-13-10-8/h2-6H,1H3,(H,9,10,12,13). The van der Waals surface area contributed by atoms with Crippen LogP contribution in [0.5, 0.6) is 0 Å². The fourth-order valence-electron chi connectivity index (χ4n) is 1.00. The van der Waals surface area contributed by atoms with Gasteiger partial charge in [0.05, 0.1) is 5.69 Å².